The maximum absolute atomic E-state index is 13.1. The van der Waals surface area contributed by atoms with Gasteiger partial charge in [-0.1, -0.05) is 125 Å². The summed E-state index contributed by atoms with van der Waals surface area (Å²) in [6.45, 7) is 10.5. The Bertz CT molecular complexity index is 1080. The maximum atomic E-state index is 13.1. The van der Waals surface area contributed by atoms with E-state index in [-0.39, 0.29) is 11.9 Å². The Balaban J connectivity index is 0.000000334. The molecule has 3 rings (SSSR count). The Hall–Kier alpha value is -2.26. The van der Waals surface area contributed by atoms with Crippen molar-refractivity contribution in [1.29, 1.82) is 0 Å². The SMILES string of the molecule is CCCCCCCCCCCCS(=O)(=O)[O-].CC[N+]1(CC)CCC(OC(=O)C(O)(c2ccccc2)c2ccccc2)C1. The second-order valence-electron chi connectivity index (χ2n) is 11.6. The molecule has 8 heteroatoms. The number of ether oxygens (including phenoxy) is 1. The van der Waals surface area contributed by atoms with Crippen LogP contribution in [-0.2, 0) is 25.3 Å². The first-order valence-corrected chi connectivity index (χ1v) is 17.5. The minimum atomic E-state index is -3.98. The van der Waals surface area contributed by atoms with Crippen LogP contribution in [0.1, 0.15) is 103 Å². The van der Waals surface area contributed by atoms with Gasteiger partial charge in [0.25, 0.3) is 0 Å². The van der Waals surface area contributed by atoms with Crippen molar-refractivity contribution in [1.82, 2.24) is 0 Å². The topological polar surface area (TPSA) is 104 Å². The van der Waals surface area contributed by atoms with Crippen LogP contribution in [0.15, 0.2) is 60.7 Å². The summed E-state index contributed by atoms with van der Waals surface area (Å²) in [7, 11) is -3.98. The van der Waals surface area contributed by atoms with Crippen LogP contribution in [0.25, 0.3) is 0 Å². The van der Waals surface area contributed by atoms with Gasteiger partial charge < -0.3 is 18.9 Å². The molecule has 2 aromatic rings. The van der Waals surface area contributed by atoms with E-state index in [0.29, 0.717) is 17.5 Å². The average molecular weight is 604 g/mol. The molecule has 0 radical (unpaired) electrons. The number of unbranched alkanes of at least 4 members (excludes halogenated alkanes) is 9. The van der Waals surface area contributed by atoms with E-state index >= 15 is 0 Å². The molecule has 0 aliphatic carbocycles. The number of carbonyl (C=O) groups excluding carboxylic acids is 1. The monoisotopic (exact) mass is 603 g/mol. The van der Waals surface area contributed by atoms with Gasteiger partial charge >= 0.3 is 5.97 Å². The Morgan fingerprint density at radius 1 is 0.833 bits per heavy atom. The molecule has 1 fully saturated rings. The van der Waals surface area contributed by atoms with Crippen molar-refractivity contribution in [3.8, 4) is 0 Å². The van der Waals surface area contributed by atoms with Crippen molar-refractivity contribution in [2.24, 2.45) is 0 Å². The lowest BCUT2D eigenvalue weighted by atomic mass is 9.86. The summed E-state index contributed by atoms with van der Waals surface area (Å²) in [5.74, 6) is -0.782. The largest absolute Gasteiger partial charge is 0.748 e. The number of likely N-dealkylation sites (tertiary alicyclic amines) is 1. The van der Waals surface area contributed by atoms with Gasteiger partial charge in [-0.15, -0.1) is 0 Å². The van der Waals surface area contributed by atoms with Gasteiger partial charge in [0.15, 0.2) is 6.10 Å². The zero-order chi connectivity index (χ0) is 30.9. The van der Waals surface area contributed by atoms with Crippen LogP contribution in [-0.4, -0.2) is 66.6 Å². The minimum Gasteiger partial charge on any atom is -0.748 e. The Morgan fingerprint density at radius 3 is 1.69 bits per heavy atom. The van der Waals surface area contributed by atoms with Crippen LogP contribution in [0.3, 0.4) is 0 Å². The lowest BCUT2D eigenvalue weighted by Crippen LogP contribution is -2.47. The third kappa shape index (κ3) is 11.8. The quantitative estimate of drug-likeness (QED) is 0.0952. The molecule has 42 heavy (non-hydrogen) atoms. The van der Waals surface area contributed by atoms with Crippen molar-refractivity contribution in [3.63, 3.8) is 0 Å². The number of aliphatic hydroxyl groups is 1. The van der Waals surface area contributed by atoms with Crippen molar-refractivity contribution in [2.45, 2.75) is 103 Å². The number of benzene rings is 2. The molecule has 1 unspecified atom stereocenters. The lowest BCUT2D eigenvalue weighted by Gasteiger charge is -2.32. The van der Waals surface area contributed by atoms with Crippen molar-refractivity contribution >= 4 is 16.1 Å². The average Bonchev–Trinajstić information content (AvgIpc) is 3.41. The molecule has 0 spiro atoms. The minimum absolute atomic E-state index is 0.152. The summed E-state index contributed by atoms with van der Waals surface area (Å²) in [5, 5.41) is 11.4. The molecule has 1 atom stereocenters. The summed E-state index contributed by atoms with van der Waals surface area (Å²) in [6.07, 6.45) is 12.1. The van der Waals surface area contributed by atoms with E-state index in [1.54, 1.807) is 24.3 Å². The third-order valence-electron chi connectivity index (χ3n) is 8.56. The normalized spacial score (nSPS) is 16.5. The number of quaternary nitrogens is 1. The van der Waals surface area contributed by atoms with Gasteiger partial charge in [0.2, 0.25) is 5.60 Å². The predicted octanol–water partition coefficient (Wildman–Crippen LogP) is 6.55. The number of nitrogens with zero attached hydrogens (tertiary/aromatic N) is 1. The molecule has 1 N–H and O–H groups in total. The summed E-state index contributed by atoms with van der Waals surface area (Å²) in [6, 6.07) is 18.1. The molecule has 0 amide bonds. The van der Waals surface area contributed by atoms with Crippen LogP contribution in [0.2, 0.25) is 0 Å². The zero-order valence-corrected chi connectivity index (χ0v) is 26.8. The van der Waals surface area contributed by atoms with E-state index in [1.807, 2.05) is 36.4 Å². The summed E-state index contributed by atoms with van der Waals surface area (Å²) in [4.78, 5) is 13.1. The van der Waals surface area contributed by atoms with Crippen molar-refractivity contribution in [2.75, 3.05) is 31.9 Å². The standard InChI is InChI=1S/C22H28NO3.C12H26O3S/c1-3-23(4-2)16-15-20(17-23)26-21(24)22(25,18-11-7-5-8-12-18)19-13-9-6-10-14-19;1-2-3-4-5-6-7-8-9-10-11-12-16(13,14)15/h5-14,20,25H,3-4,15-17H2,1-2H3;2-12H2,1H3,(H,13,14,15)/q+1;/p-1. The van der Waals surface area contributed by atoms with E-state index in [0.717, 1.165) is 49.9 Å². The highest BCUT2D eigenvalue weighted by atomic mass is 32.2. The van der Waals surface area contributed by atoms with E-state index < -0.39 is 21.7 Å². The van der Waals surface area contributed by atoms with Crippen LogP contribution < -0.4 is 0 Å². The second kappa shape index (κ2) is 18.4. The van der Waals surface area contributed by atoms with Crippen molar-refractivity contribution < 1.29 is 32.1 Å². The summed E-state index contributed by atoms with van der Waals surface area (Å²) in [5.41, 5.74) is -0.735. The molecular formula is C34H53NO6S. The van der Waals surface area contributed by atoms with Gasteiger partial charge in [0.05, 0.1) is 29.8 Å². The smallest absolute Gasteiger partial charge is 0.348 e. The van der Waals surface area contributed by atoms with E-state index in [2.05, 4.69) is 20.8 Å². The molecule has 1 aliphatic rings. The number of carbonyl (C=O) groups is 1. The van der Waals surface area contributed by atoms with Gasteiger partial charge in [0.1, 0.15) is 6.54 Å². The van der Waals surface area contributed by atoms with Gasteiger partial charge in [-0.05, 0) is 31.4 Å². The third-order valence-corrected chi connectivity index (χ3v) is 9.35. The Labute approximate surface area is 254 Å². The summed E-state index contributed by atoms with van der Waals surface area (Å²) >= 11 is 0. The number of hydrogen-bond donors (Lipinski definition) is 1. The first-order chi connectivity index (χ1) is 20.1. The Morgan fingerprint density at radius 2 is 1.29 bits per heavy atom. The molecule has 7 nitrogen and oxygen atoms in total. The fourth-order valence-electron chi connectivity index (χ4n) is 5.69. The molecule has 0 saturated carbocycles. The number of likely N-dealkylation sites (N-methyl/N-ethyl adjacent to an activating group) is 1. The highest BCUT2D eigenvalue weighted by Crippen LogP contribution is 2.33. The molecular weight excluding hydrogens is 550 g/mol. The van der Waals surface area contributed by atoms with Gasteiger partial charge in [0, 0.05) is 12.2 Å². The van der Waals surface area contributed by atoms with Gasteiger partial charge in [-0.3, -0.25) is 0 Å². The molecule has 2 aromatic carbocycles. The van der Waals surface area contributed by atoms with Crippen molar-refractivity contribution in [3.05, 3.63) is 71.8 Å². The maximum Gasteiger partial charge on any atom is 0.348 e. The number of esters is 1. The fraction of sp³-hybridized carbons (Fsp3) is 0.618. The molecule has 236 valence electrons. The van der Waals surface area contributed by atoms with E-state index in [4.69, 9.17) is 4.74 Å². The van der Waals surface area contributed by atoms with Crippen LogP contribution in [0.4, 0.5) is 0 Å². The predicted molar refractivity (Wildman–Crippen MR) is 168 cm³/mol. The zero-order valence-electron chi connectivity index (χ0n) is 26.0. The lowest BCUT2D eigenvalue weighted by molar-refractivity contribution is -0.914. The van der Waals surface area contributed by atoms with Gasteiger partial charge in [-0.25, -0.2) is 13.2 Å². The summed E-state index contributed by atoms with van der Waals surface area (Å²) < 4.78 is 37.7. The van der Waals surface area contributed by atoms with Crippen LogP contribution in [0.5, 0.6) is 0 Å². The fourth-order valence-corrected chi connectivity index (χ4v) is 6.25. The van der Waals surface area contributed by atoms with Gasteiger partial charge in [-0.2, -0.15) is 0 Å². The molecule has 1 aliphatic heterocycles. The van der Waals surface area contributed by atoms with E-state index in [1.165, 1.54) is 44.9 Å². The Kier molecular flexibility index (Phi) is 15.8. The van der Waals surface area contributed by atoms with Crippen LogP contribution in [0, 0.1) is 0 Å². The first kappa shape index (κ1) is 35.9. The second-order valence-corrected chi connectivity index (χ2v) is 13.1. The van der Waals surface area contributed by atoms with E-state index in [9.17, 15) is 22.9 Å². The first-order valence-electron chi connectivity index (χ1n) is 15.9. The highest BCUT2D eigenvalue weighted by molar-refractivity contribution is 7.85. The van der Waals surface area contributed by atoms with Crippen LogP contribution >= 0.6 is 0 Å². The highest BCUT2D eigenvalue weighted by Gasteiger charge is 2.45. The molecule has 0 bridgehead atoms. The molecule has 1 heterocycles. The number of rotatable bonds is 17. The molecule has 0 aromatic heterocycles. The molecule has 1 saturated heterocycles. The number of hydrogen-bond acceptors (Lipinski definition) is 6.